The molecular weight excluding hydrogens is 479 g/mol. The molecule has 1 spiro atoms. The molecule has 35 heavy (non-hydrogen) atoms. The molecule has 0 aromatic heterocycles. The van der Waals surface area contributed by atoms with Crippen molar-refractivity contribution in [2.45, 2.75) is 69.0 Å². The summed E-state index contributed by atoms with van der Waals surface area (Å²) in [6, 6.07) is 6.43. The molecule has 1 aliphatic carbocycles. The molecule has 6 rings (SSSR count). The molecule has 0 N–H and O–H groups in total. The molecule has 1 saturated carbocycles. The topological polar surface area (TPSA) is 89.5 Å². The summed E-state index contributed by atoms with van der Waals surface area (Å²) in [5.41, 5.74) is 0.770. The van der Waals surface area contributed by atoms with Gasteiger partial charge in [0.1, 0.15) is 12.4 Å². The SMILES string of the molecule is Cc1ccc(S(=O)(=O)OCCOCC2=C(CF)O[C@@H]3O[C@]4(C)CCC5[C@H](C)CC[C@@H]2[C@]53OO4)cc1. The summed E-state index contributed by atoms with van der Waals surface area (Å²) in [6.07, 6.45) is 2.50. The van der Waals surface area contributed by atoms with Gasteiger partial charge in [0.25, 0.3) is 10.1 Å². The van der Waals surface area contributed by atoms with Gasteiger partial charge in [-0.2, -0.15) is 8.42 Å². The Balaban J connectivity index is 1.28. The van der Waals surface area contributed by atoms with Gasteiger partial charge in [0, 0.05) is 23.8 Å². The Hall–Kier alpha value is -1.56. The minimum Gasteiger partial charge on any atom is -0.463 e. The smallest absolute Gasteiger partial charge is 0.297 e. The van der Waals surface area contributed by atoms with Crippen LogP contribution in [0.2, 0.25) is 0 Å². The molecule has 6 atom stereocenters. The van der Waals surface area contributed by atoms with E-state index in [1.807, 2.05) is 13.8 Å². The molecule has 2 bridgehead atoms. The van der Waals surface area contributed by atoms with Crippen molar-refractivity contribution in [1.82, 2.24) is 0 Å². The number of halogens is 1. The van der Waals surface area contributed by atoms with Crippen LogP contribution in [0.15, 0.2) is 40.5 Å². The van der Waals surface area contributed by atoms with E-state index in [-0.39, 0.29) is 42.3 Å². The molecule has 4 fully saturated rings. The van der Waals surface area contributed by atoms with Crippen LogP contribution < -0.4 is 0 Å². The third-order valence-corrected chi connectivity index (χ3v) is 9.23. The lowest BCUT2D eigenvalue weighted by molar-refractivity contribution is -0.556. The summed E-state index contributed by atoms with van der Waals surface area (Å²) in [4.78, 5) is 11.9. The monoisotopic (exact) mass is 512 g/mol. The molecule has 5 aliphatic rings. The van der Waals surface area contributed by atoms with Crippen molar-refractivity contribution in [3.05, 3.63) is 41.2 Å². The minimum atomic E-state index is -3.88. The van der Waals surface area contributed by atoms with Gasteiger partial charge in [-0.1, -0.05) is 24.6 Å². The van der Waals surface area contributed by atoms with Crippen LogP contribution in [0, 0.1) is 24.7 Å². The number of aryl methyl sites for hydroxylation is 1. The number of ether oxygens (including phenoxy) is 3. The molecule has 8 nitrogen and oxygen atoms in total. The zero-order chi connectivity index (χ0) is 24.8. The fourth-order valence-corrected chi connectivity index (χ4v) is 6.90. The maximum atomic E-state index is 14.1. The van der Waals surface area contributed by atoms with Crippen molar-refractivity contribution in [3.63, 3.8) is 0 Å². The highest BCUT2D eigenvalue weighted by Crippen LogP contribution is 2.60. The van der Waals surface area contributed by atoms with E-state index in [1.54, 1.807) is 12.1 Å². The molecule has 1 unspecified atom stereocenters. The van der Waals surface area contributed by atoms with Crippen LogP contribution in [0.3, 0.4) is 0 Å². The number of fused-ring (bicyclic) bond motifs is 2. The summed E-state index contributed by atoms with van der Waals surface area (Å²) in [5, 5.41) is 0. The number of allylic oxidation sites excluding steroid dienone is 1. The predicted octanol–water partition coefficient (Wildman–Crippen LogP) is 4.19. The maximum absolute atomic E-state index is 14.1. The third-order valence-electron chi connectivity index (χ3n) is 7.90. The lowest BCUT2D eigenvalue weighted by Gasteiger charge is -2.57. The summed E-state index contributed by atoms with van der Waals surface area (Å²) < 4.78 is 62.0. The Morgan fingerprint density at radius 3 is 2.63 bits per heavy atom. The summed E-state index contributed by atoms with van der Waals surface area (Å²) in [7, 11) is -3.88. The van der Waals surface area contributed by atoms with Crippen LogP contribution in [-0.2, 0) is 38.3 Å². The largest absolute Gasteiger partial charge is 0.463 e. The fraction of sp³-hybridized carbons (Fsp3) is 0.680. The Bertz CT molecular complexity index is 1070. The number of alkyl halides is 1. The highest BCUT2D eigenvalue weighted by atomic mass is 32.2. The zero-order valence-electron chi connectivity index (χ0n) is 20.3. The van der Waals surface area contributed by atoms with Gasteiger partial charge < -0.3 is 14.2 Å². The van der Waals surface area contributed by atoms with Gasteiger partial charge in [0.2, 0.25) is 12.1 Å². The van der Waals surface area contributed by atoms with Crippen molar-refractivity contribution in [2.75, 3.05) is 26.5 Å². The predicted molar refractivity (Wildman–Crippen MR) is 122 cm³/mol. The molecule has 3 saturated heterocycles. The Morgan fingerprint density at radius 1 is 1.11 bits per heavy atom. The Kier molecular flexibility index (Phi) is 6.73. The van der Waals surface area contributed by atoms with E-state index in [4.69, 9.17) is 28.2 Å². The molecule has 0 radical (unpaired) electrons. The van der Waals surface area contributed by atoms with Crippen molar-refractivity contribution in [1.29, 1.82) is 0 Å². The number of benzene rings is 1. The summed E-state index contributed by atoms with van der Waals surface area (Å²) in [5.74, 6) is -0.401. The van der Waals surface area contributed by atoms with E-state index in [0.29, 0.717) is 17.9 Å². The first-order valence-electron chi connectivity index (χ1n) is 12.2. The van der Waals surface area contributed by atoms with E-state index >= 15 is 0 Å². The summed E-state index contributed by atoms with van der Waals surface area (Å²) in [6.45, 7) is 5.05. The highest BCUT2D eigenvalue weighted by Gasteiger charge is 2.68. The van der Waals surface area contributed by atoms with Crippen molar-refractivity contribution >= 4 is 10.1 Å². The van der Waals surface area contributed by atoms with Gasteiger partial charge in [0.15, 0.2) is 5.60 Å². The van der Waals surface area contributed by atoms with Crippen molar-refractivity contribution in [2.24, 2.45) is 17.8 Å². The first kappa shape index (κ1) is 25.1. The van der Waals surface area contributed by atoms with Crippen LogP contribution in [0.5, 0.6) is 0 Å². The number of rotatable bonds is 8. The van der Waals surface area contributed by atoms with Crippen LogP contribution >= 0.6 is 0 Å². The molecule has 4 heterocycles. The minimum absolute atomic E-state index is 0.0169. The van der Waals surface area contributed by atoms with Gasteiger partial charge in [-0.3, -0.25) is 4.18 Å². The quantitative estimate of drug-likeness (QED) is 0.291. The van der Waals surface area contributed by atoms with Crippen LogP contribution in [0.1, 0.15) is 45.1 Å². The third kappa shape index (κ3) is 4.42. The molecule has 4 aliphatic heterocycles. The van der Waals surface area contributed by atoms with E-state index in [2.05, 4.69) is 6.92 Å². The van der Waals surface area contributed by atoms with E-state index in [1.165, 1.54) is 12.1 Å². The second-order valence-corrected chi connectivity index (χ2v) is 11.8. The zero-order valence-corrected chi connectivity index (χ0v) is 21.1. The van der Waals surface area contributed by atoms with Crippen molar-refractivity contribution in [3.8, 4) is 0 Å². The average molecular weight is 513 g/mol. The maximum Gasteiger partial charge on any atom is 0.297 e. The molecular formula is C25H33FO8S. The van der Waals surface area contributed by atoms with Gasteiger partial charge in [-0.15, -0.1) is 0 Å². The first-order chi connectivity index (χ1) is 16.7. The first-order valence-corrected chi connectivity index (χ1v) is 13.6. The van der Waals surface area contributed by atoms with Crippen molar-refractivity contribution < 1.29 is 41.0 Å². The standard InChI is InChI=1S/C25H33FO8S/c1-16-4-7-18(8-5-16)35(27,28)30-13-12-29-15-19-21-9-6-17(2)20-10-11-24(3)32-23(31-22(19)14-26)25(20,21)34-33-24/h4-5,7-8,17,20-21,23H,6,9-15H2,1-3H3/t17-,20?,21+,23-,24+,25-/m1/s1. The van der Waals surface area contributed by atoms with Crippen LogP contribution in [-0.4, -0.2) is 52.6 Å². The van der Waals surface area contributed by atoms with Crippen LogP contribution in [0.4, 0.5) is 4.39 Å². The van der Waals surface area contributed by atoms with Crippen LogP contribution in [0.25, 0.3) is 0 Å². The van der Waals surface area contributed by atoms with E-state index in [0.717, 1.165) is 24.8 Å². The fourth-order valence-electron chi connectivity index (χ4n) is 6.00. The second kappa shape index (κ2) is 9.39. The number of hydrogen-bond donors (Lipinski definition) is 0. The van der Waals surface area contributed by atoms with E-state index < -0.39 is 34.5 Å². The Labute approximate surface area is 205 Å². The molecule has 1 aromatic carbocycles. The number of hydrogen-bond acceptors (Lipinski definition) is 8. The molecule has 1 aromatic rings. The average Bonchev–Trinajstić information content (AvgIpc) is 3.06. The molecule has 0 amide bonds. The molecule has 10 heteroatoms. The highest BCUT2D eigenvalue weighted by molar-refractivity contribution is 7.86. The van der Waals surface area contributed by atoms with Gasteiger partial charge >= 0.3 is 0 Å². The second-order valence-electron chi connectivity index (χ2n) is 10.2. The Morgan fingerprint density at radius 2 is 1.89 bits per heavy atom. The van der Waals surface area contributed by atoms with Gasteiger partial charge in [-0.25, -0.2) is 14.2 Å². The van der Waals surface area contributed by atoms with E-state index in [9.17, 15) is 12.8 Å². The lowest BCUT2D eigenvalue weighted by Crippen LogP contribution is -2.67. The van der Waals surface area contributed by atoms with Gasteiger partial charge in [-0.05, 0) is 51.2 Å². The lowest BCUT2D eigenvalue weighted by atomic mass is 9.59. The molecule has 194 valence electrons. The summed E-state index contributed by atoms with van der Waals surface area (Å²) >= 11 is 0. The van der Waals surface area contributed by atoms with Gasteiger partial charge in [0.05, 0.1) is 24.7 Å². The normalized spacial score (nSPS) is 36.5.